The van der Waals surface area contributed by atoms with Crippen LogP contribution in [0.1, 0.15) is 40.4 Å². The molecule has 2 atom stereocenters. The van der Waals surface area contributed by atoms with E-state index in [-0.39, 0.29) is 17.9 Å². The highest BCUT2D eigenvalue weighted by atomic mass is 79.9. The van der Waals surface area contributed by atoms with Crippen molar-refractivity contribution in [2.75, 3.05) is 6.54 Å². The van der Waals surface area contributed by atoms with Crippen LogP contribution in [-0.2, 0) is 4.79 Å². The Labute approximate surface area is 151 Å². The van der Waals surface area contributed by atoms with Gasteiger partial charge in [-0.2, -0.15) is 0 Å². The van der Waals surface area contributed by atoms with Crippen molar-refractivity contribution in [1.82, 2.24) is 10.2 Å². The summed E-state index contributed by atoms with van der Waals surface area (Å²) in [6.07, 6.45) is 2.00. The van der Waals surface area contributed by atoms with Crippen LogP contribution >= 0.6 is 38.6 Å². The number of hydrogen-bond donors (Lipinski definition) is 1. The SMILES string of the molecule is CC(NC(=O)c1ccc(Br)s1)C(=O)N1CCCC1c1cccs1. The maximum absolute atomic E-state index is 12.7. The summed E-state index contributed by atoms with van der Waals surface area (Å²) >= 11 is 6.39. The molecule has 122 valence electrons. The third-order valence-electron chi connectivity index (χ3n) is 3.92. The van der Waals surface area contributed by atoms with E-state index in [4.69, 9.17) is 0 Å². The lowest BCUT2D eigenvalue weighted by Crippen LogP contribution is -2.46. The van der Waals surface area contributed by atoms with Crippen molar-refractivity contribution in [1.29, 1.82) is 0 Å². The van der Waals surface area contributed by atoms with Crippen LogP contribution in [0.15, 0.2) is 33.4 Å². The molecule has 0 aromatic carbocycles. The van der Waals surface area contributed by atoms with E-state index in [2.05, 4.69) is 27.3 Å². The molecule has 0 radical (unpaired) electrons. The molecule has 3 heterocycles. The zero-order valence-corrected chi connectivity index (χ0v) is 15.8. The van der Waals surface area contributed by atoms with Gasteiger partial charge in [0.1, 0.15) is 6.04 Å². The highest BCUT2D eigenvalue weighted by Gasteiger charge is 2.33. The van der Waals surface area contributed by atoms with Crippen molar-refractivity contribution in [3.05, 3.63) is 43.2 Å². The Morgan fingerprint density at radius 1 is 1.39 bits per heavy atom. The minimum atomic E-state index is -0.524. The predicted octanol–water partition coefficient (Wildman–Crippen LogP) is 4.05. The zero-order valence-electron chi connectivity index (χ0n) is 12.6. The number of amides is 2. The molecule has 0 aliphatic carbocycles. The molecule has 2 aromatic heterocycles. The van der Waals surface area contributed by atoms with Crippen LogP contribution in [0.2, 0.25) is 0 Å². The summed E-state index contributed by atoms with van der Waals surface area (Å²) in [5.74, 6) is -0.210. The Morgan fingerprint density at radius 2 is 2.22 bits per heavy atom. The van der Waals surface area contributed by atoms with Crippen molar-refractivity contribution in [2.45, 2.75) is 31.8 Å². The zero-order chi connectivity index (χ0) is 16.4. The molecule has 1 saturated heterocycles. The van der Waals surface area contributed by atoms with Crippen LogP contribution in [0, 0.1) is 0 Å². The molecule has 1 fully saturated rings. The molecule has 1 aliphatic rings. The number of carbonyl (C=O) groups is 2. The van der Waals surface area contributed by atoms with Crippen LogP contribution in [0.25, 0.3) is 0 Å². The fourth-order valence-electron chi connectivity index (χ4n) is 2.82. The maximum Gasteiger partial charge on any atom is 0.262 e. The van der Waals surface area contributed by atoms with Gasteiger partial charge in [-0.3, -0.25) is 9.59 Å². The number of nitrogens with one attached hydrogen (secondary N) is 1. The third kappa shape index (κ3) is 3.67. The van der Waals surface area contributed by atoms with E-state index in [1.165, 1.54) is 16.2 Å². The number of nitrogens with zero attached hydrogens (tertiary/aromatic N) is 1. The molecule has 0 bridgehead atoms. The first-order valence-corrected chi connectivity index (χ1v) is 9.95. The van der Waals surface area contributed by atoms with Gasteiger partial charge in [0.15, 0.2) is 0 Å². The van der Waals surface area contributed by atoms with Gasteiger partial charge >= 0.3 is 0 Å². The average Bonchev–Trinajstić information content (AvgIpc) is 3.26. The van der Waals surface area contributed by atoms with E-state index >= 15 is 0 Å². The minimum absolute atomic E-state index is 0.00938. The maximum atomic E-state index is 12.7. The van der Waals surface area contributed by atoms with Crippen LogP contribution in [-0.4, -0.2) is 29.3 Å². The Kier molecular flexibility index (Phi) is 5.18. The lowest BCUT2D eigenvalue weighted by molar-refractivity contribution is -0.133. The number of halogens is 1. The van der Waals surface area contributed by atoms with Crippen LogP contribution < -0.4 is 5.32 Å². The topological polar surface area (TPSA) is 49.4 Å². The molecular weight excluding hydrogens is 396 g/mol. The van der Waals surface area contributed by atoms with Gasteiger partial charge in [-0.25, -0.2) is 0 Å². The van der Waals surface area contributed by atoms with Gasteiger partial charge in [-0.1, -0.05) is 6.07 Å². The van der Waals surface area contributed by atoms with Gasteiger partial charge in [0.05, 0.1) is 14.7 Å². The summed E-state index contributed by atoms with van der Waals surface area (Å²) < 4.78 is 0.902. The van der Waals surface area contributed by atoms with Crippen molar-refractivity contribution in [3.63, 3.8) is 0 Å². The van der Waals surface area contributed by atoms with Gasteiger partial charge in [-0.15, -0.1) is 22.7 Å². The first-order chi connectivity index (χ1) is 11.1. The number of rotatable bonds is 4. The normalized spacial score (nSPS) is 18.9. The summed E-state index contributed by atoms with van der Waals surface area (Å²) in [6, 6.07) is 7.31. The highest BCUT2D eigenvalue weighted by molar-refractivity contribution is 9.11. The molecule has 2 aromatic rings. The van der Waals surface area contributed by atoms with Crippen molar-refractivity contribution >= 4 is 50.4 Å². The number of carbonyl (C=O) groups excluding carboxylic acids is 2. The second-order valence-corrected chi connectivity index (χ2v) is 8.95. The first kappa shape index (κ1) is 16.7. The molecule has 0 spiro atoms. The van der Waals surface area contributed by atoms with Gasteiger partial charge in [0.25, 0.3) is 5.91 Å². The molecule has 4 nitrogen and oxygen atoms in total. The van der Waals surface area contributed by atoms with E-state index in [0.29, 0.717) is 4.88 Å². The molecule has 1 aliphatic heterocycles. The van der Waals surface area contributed by atoms with Gasteiger partial charge < -0.3 is 10.2 Å². The Bertz CT molecular complexity index is 699. The summed E-state index contributed by atoms with van der Waals surface area (Å²) in [5, 5.41) is 4.85. The smallest absolute Gasteiger partial charge is 0.262 e. The van der Waals surface area contributed by atoms with Crippen LogP contribution in [0.4, 0.5) is 0 Å². The van der Waals surface area contributed by atoms with Crippen molar-refractivity contribution < 1.29 is 9.59 Å². The molecule has 0 saturated carbocycles. The van der Waals surface area contributed by atoms with E-state index in [1.54, 1.807) is 24.3 Å². The second kappa shape index (κ2) is 7.15. The predicted molar refractivity (Wildman–Crippen MR) is 97.0 cm³/mol. The molecular formula is C16H17BrN2O2S2. The first-order valence-electron chi connectivity index (χ1n) is 7.46. The summed E-state index contributed by atoms with van der Waals surface area (Å²) in [6.45, 7) is 2.51. The monoisotopic (exact) mass is 412 g/mol. The van der Waals surface area contributed by atoms with Crippen LogP contribution in [0.3, 0.4) is 0 Å². The molecule has 2 unspecified atom stereocenters. The summed E-state index contributed by atoms with van der Waals surface area (Å²) in [7, 11) is 0. The van der Waals surface area contributed by atoms with E-state index < -0.39 is 6.04 Å². The quantitative estimate of drug-likeness (QED) is 0.822. The van der Waals surface area contributed by atoms with Crippen molar-refractivity contribution in [2.24, 2.45) is 0 Å². The van der Waals surface area contributed by atoms with E-state index in [9.17, 15) is 9.59 Å². The fraction of sp³-hybridized carbons (Fsp3) is 0.375. The fourth-order valence-corrected chi connectivity index (χ4v) is 4.98. The van der Waals surface area contributed by atoms with Gasteiger partial charge in [0, 0.05) is 11.4 Å². The molecule has 2 amide bonds. The Morgan fingerprint density at radius 3 is 2.87 bits per heavy atom. The van der Waals surface area contributed by atoms with E-state index in [1.807, 2.05) is 22.4 Å². The minimum Gasteiger partial charge on any atom is -0.340 e. The number of likely N-dealkylation sites (tertiary alicyclic amines) is 1. The largest absolute Gasteiger partial charge is 0.340 e. The van der Waals surface area contributed by atoms with E-state index in [0.717, 1.165) is 23.2 Å². The molecule has 7 heteroatoms. The Hall–Kier alpha value is -1.18. The lowest BCUT2D eigenvalue weighted by Gasteiger charge is -2.27. The van der Waals surface area contributed by atoms with Gasteiger partial charge in [-0.05, 0) is 59.3 Å². The molecule has 3 rings (SSSR count). The molecule has 1 N–H and O–H groups in total. The van der Waals surface area contributed by atoms with Crippen molar-refractivity contribution in [3.8, 4) is 0 Å². The number of hydrogen-bond acceptors (Lipinski definition) is 4. The lowest BCUT2D eigenvalue weighted by atomic mass is 10.1. The number of thiophene rings is 2. The van der Waals surface area contributed by atoms with Crippen LogP contribution in [0.5, 0.6) is 0 Å². The summed E-state index contributed by atoms with van der Waals surface area (Å²) in [5.41, 5.74) is 0. The standard InChI is InChI=1S/C16H17BrN2O2S2/c1-10(18-15(20)13-6-7-14(17)23-13)16(21)19-8-2-4-11(19)12-5-3-9-22-12/h3,5-7,9-11H,2,4,8H2,1H3,(H,18,20). The summed E-state index contributed by atoms with van der Waals surface area (Å²) in [4.78, 5) is 28.7. The highest BCUT2D eigenvalue weighted by Crippen LogP contribution is 2.34. The molecule has 23 heavy (non-hydrogen) atoms. The second-order valence-electron chi connectivity index (χ2n) is 5.50. The Balaban J connectivity index is 1.66. The van der Waals surface area contributed by atoms with Gasteiger partial charge in [0.2, 0.25) is 5.91 Å². The average molecular weight is 413 g/mol. The third-order valence-corrected chi connectivity index (χ3v) is 6.52.